The molecule has 0 radical (unpaired) electrons. The maximum Gasteiger partial charge on any atom is 0.348 e. The number of hydrogen-bond acceptors (Lipinski definition) is 5. The van der Waals surface area contributed by atoms with Gasteiger partial charge in [0.25, 0.3) is 0 Å². The van der Waals surface area contributed by atoms with E-state index in [1.807, 2.05) is 6.92 Å². The van der Waals surface area contributed by atoms with Gasteiger partial charge in [-0.05, 0) is 19.3 Å². The van der Waals surface area contributed by atoms with Crippen LogP contribution in [0.1, 0.15) is 51.3 Å². The number of rotatable bonds is 5. The molecule has 2 rings (SSSR count). The molecule has 1 fully saturated rings. The Morgan fingerprint density at radius 3 is 2.65 bits per heavy atom. The molecule has 6 nitrogen and oxygen atoms in total. The van der Waals surface area contributed by atoms with Crippen molar-refractivity contribution in [1.82, 2.24) is 9.97 Å². The molecule has 0 atom stereocenters. The van der Waals surface area contributed by atoms with Crippen LogP contribution in [-0.2, 0) is 6.42 Å². The quantitative estimate of drug-likeness (QED) is 0.509. The maximum atomic E-state index is 11.2. The lowest BCUT2D eigenvalue weighted by atomic mass is 9.95. The van der Waals surface area contributed by atoms with Crippen LogP contribution in [0.25, 0.3) is 0 Å². The Hall–Kier alpha value is -1.43. The molecule has 0 saturated heterocycles. The van der Waals surface area contributed by atoms with E-state index in [1.165, 1.54) is 6.42 Å². The monoisotopic (exact) mass is 298 g/mol. The van der Waals surface area contributed by atoms with E-state index in [0.717, 1.165) is 32.1 Å². The fraction of sp³-hybridized carbons (Fsp3) is 0.692. The van der Waals surface area contributed by atoms with Gasteiger partial charge in [-0.25, -0.2) is 9.97 Å². The standard InChI is InChI=1S/C13H19ClN4O2/c1-2-6-10-16-12(14)11(18(19)20)13(17-10)15-9-7-4-3-5-8-9/h9H,2-8H2,1H3,(H,15,16,17). The van der Waals surface area contributed by atoms with E-state index >= 15 is 0 Å². The van der Waals surface area contributed by atoms with Crippen LogP contribution in [0, 0.1) is 10.1 Å². The first-order valence-electron chi connectivity index (χ1n) is 7.09. The Labute approximate surface area is 123 Å². The van der Waals surface area contributed by atoms with Crippen LogP contribution in [0.4, 0.5) is 11.5 Å². The van der Waals surface area contributed by atoms with Gasteiger partial charge in [0.05, 0.1) is 4.92 Å². The third kappa shape index (κ3) is 3.56. The maximum absolute atomic E-state index is 11.2. The number of halogens is 1. The molecule has 1 N–H and O–H groups in total. The highest BCUT2D eigenvalue weighted by molar-refractivity contribution is 6.31. The number of nitrogens with one attached hydrogen (secondary N) is 1. The summed E-state index contributed by atoms with van der Waals surface area (Å²) in [5.74, 6) is 0.826. The highest BCUT2D eigenvalue weighted by Gasteiger charge is 2.25. The van der Waals surface area contributed by atoms with Gasteiger partial charge in [-0.3, -0.25) is 10.1 Å². The van der Waals surface area contributed by atoms with E-state index in [0.29, 0.717) is 12.2 Å². The number of hydrogen-bond donors (Lipinski definition) is 1. The Kier molecular flexibility index (Phi) is 5.11. The molecule has 0 unspecified atom stereocenters. The summed E-state index contributed by atoms with van der Waals surface area (Å²) in [7, 11) is 0. The largest absolute Gasteiger partial charge is 0.361 e. The van der Waals surface area contributed by atoms with E-state index in [1.54, 1.807) is 0 Å². The van der Waals surface area contributed by atoms with Crippen LogP contribution in [0.2, 0.25) is 5.15 Å². The second-order valence-corrected chi connectivity index (χ2v) is 5.47. The van der Waals surface area contributed by atoms with Crippen molar-refractivity contribution in [3.8, 4) is 0 Å². The molecule has 110 valence electrons. The molecule has 1 aromatic heterocycles. The number of aromatic nitrogens is 2. The lowest BCUT2D eigenvalue weighted by Crippen LogP contribution is -2.24. The molecule has 1 aliphatic carbocycles. The van der Waals surface area contributed by atoms with Gasteiger partial charge in [0.15, 0.2) is 0 Å². The molecule has 1 heterocycles. The van der Waals surface area contributed by atoms with E-state index in [-0.39, 0.29) is 22.7 Å². The minimum absolute atomic E-state index is 0.0771. The molecular formula is C13H19ClN4O2. The topological polar surface area (TPSA) is 81.0 Å². The summed E-state index contributed by atoms with van der Waals surface area (Å²) in [6, 6.07) is 0.239. The molecule has 0 aliphatic heterocycles. The van der Waals surface area contributed by atoms with Crippen LogP contribution < -0.4 is 5.32 Å². The minimum atomic E-state index is -0.511. The van der Waals surface area contributed by atoms with Crippen molar-refractivity contribution in [2.45, 2.75) is 57.9 Å². The van der Waals surface area contributed by atoms with Gasteiger partial charge in [0.1, 0.15) is 5.82 Å². The fourth-order valence-corrected chi connectivity index (χ4v) is 2.77. The van der Waals surface area contributed by atoms with Crippen LogP contribution >= 0.6 is 11.6 Å². The zero-order valence-electron chi connectivity index (χ0n) is 11.6. The Bertz CT molecular complexity index is 490. The van der Waals surface area contributed by atoms with E-state index in [9.17, 15) is 10.1 Å². The zero-order chi connectivity index (χ0) is 14.5. The highest BCUT2D eigenvalue weighted by Crippen LogP contribution is 2.32. The average molecular weight is 299 g/mol. The molecule has 0 aromatic carbocycles. The van der Waals surface area contributed by atoms with Crippen molar-refractivity contribution in [1.29, 1.82) is 0 Å². The summed E-state index contributed by atoms with van der Waals surface area (Å²) in [5.41, 5.74) is -0.211. The summed E-state index contributed by atoms with van der Waals surface area (Å²) in [4.78, 5) is 18.9. The molecule has 0 bridgehead atoms. The molecule has 1 saturated carbocycles. The summed E-state index contributed by atoms with van der Waals surface area (Å²) in [5, 5.41) is 14.3. The van der Waals surface area contributed by atoms with E-state index in [2.05, 4.69) is 15.3 Å². The first kappa shape index (κ1) is 15.0. The van der Waals surface area contributed by atoms with Gasteiger partial charge in [-0.2, -0.15) is 0 Å². The Morgan fingerprint density at radius 2 is 2.05 bits per heavy atom. The normalized spacial score (nSPS) is 16.1. The molecule has 0 spiro atoms. The number of nitrogens with zero attached hydrogens (tertiary/aromatic N) is 3. The Balaban J connectivity index is 2.28. The Morgan fingerprint density at radius 1 is 1.35 bits per heavy atom. The van der Waals surface area contributed by atoms with Crippen molar-refractivity contribution in [2.24, 2.45) is 0 Å². The summed E-state index contributed by atoms with van der Waals surface area (Å²) < 4.78 is 0. The number of anilines is 1. The SMILES string of the molecule is CCCc1nc(Cl)c([N+](=O)[O-])c(NC2CCCCC2)n1. The van der Waals surface area contributed by atoms with Crippen molar-refractivity contribution in [3.05, 3.63) is 21.1 Å². The van der Waals surface area contributed by atoms with Gasteiger partial charge in [0.2, 0.25) is 11.0 Å². The van der Waals surface area contributed by atoms with Crippen LogP contribution in [-0.4, -0.2) is 20.9 Å². The van der Waals surface area contributed by atoms with E-state index in [4.69, 9.17) is 11.6 Å². The van der Waals surface area contributed by atoms with Crippen LogP contribution in [0.5, 0.6) is 0 Å². The molecular weight excluding hydrogens is 280 g/mol. The van der Waals surface area contributed by atoms with Crippen LogP contribution in [0.3, 0.4) is 0 Å². The molecule has 0 amide bonds. The van der Waals surface area contributed by atoms with Gasteiger partial charge in [-0.15, -0.1) is 0 Å². The third-order valence-corrected chi connectivity index (χ3v) is 3.75. The third-order valence-electron chi connectivity index (χ3n) is 3.49. The van der Waals surface area contributed by atoms with Crippen LogP contribution in [0.15, 0.2) is 0 Å². The molecule has 7 heteroatoms. The number of aryl methyl sites for hydroxylation is 1. The lowest BCUT2D eigenvalue weighted by Gasteiger charge is -2.23. The van der Waals surface area contributed by atoms with E-state index < -0.39 is 4.92 Å². The first-order valence-corrected chi connectivity index (χ1v) is 7.47. The zero-order valence-corrected chi connectivity index (χ0v) is 12.3. The second-order valence-electron chi connectivity index (χ2n) is 5.11. The van der Waals surface area contributed by atoms with Gasteiger partial charge >= 0.3 is 5.69 Å². The smallest absolute Gasteiger partial charge is 0.348 e. The highest BCUT2D eigenvalue weighted by atomic mass is 35.5. The molecule has 1 aromatic rings. The predicted octanol–water partition coefficient (Wildman–Crippen LogP) is 3.74. The lowest BCUT2D eigenvalue weighted by molar-refractivity contribution is -0.384. The summed E-state index contributed by atoms with van der Waals surface area (Å²) in [6.45, 7) is 2.01. The average Bonchev–Trinajstić information content (AvgIpc) is 2.39. The predicted molar refractivity (Wildman–Crippen MR) is 78.2 cm³/mol. The molecule has 20 heavy (non-hydrogen) atoms. The minimum Gasteiger partial charge on any atom is -0.361 e. The van der Waals surface area contributed by atoms with Crippen molar-refractivity contribution in [2.75, 3.05) is 5.32 Å². The van der Waals surface area contributed by atoms with Crippen molar-refractivity contribution in [3.63, 3.8) is 0 Å². The second kappa shape index (κ2) is 6.83. The summed E-state index contributed by atoms with van der Waals surface area (Å²) >= 11 is 5.95. The fourth-order valence-electron chi connectivity index (χ4n) is 2.51. The number of nitro groups is 1. The molecule has 1 aliphatic rings. The van der Waals surface area contributed by atoms with Crippen molar-refractivity contribution < 1.29 is 4.92 Å². The first-order chi connectivity index (χ1) is 9.61. The summed E-state index contributed by atoms with van der Waals surface area (Å²) in [6.07, 6.45) is 7.09. The van der Waals surface area contributed by atoms with Gasteiger partial charge in [0, 0.05) is 12.5 Å². The van der Waals surface area contributed by atoms with Crippen molar-refractivity contribution >= 4 is 23.1 Å². The van der Waals surface area contributed by atoms with Gasteiger partial charge < -0.3 is 5.32 Å². The van der Waals surface area contributed by atoms with Gasteiger partial charge in [-0.1, -0.05) is 37.8 Å².